The number of piperazine rings is 1. The zero-order valence-corrected chi connectivity index (χ0v) is 13.7. The largest absolute Gasteiger partial charge is 0.340 e. The standard InChI is InChI=1S/C14H17BrN2O2S/c1-9-12(18)16-14(6-2-3-7-14)13(19)17(9)8-10-4-5-11(15)20-10/h4-5,9H,2-3,6-8H2,1H3,(H,16,18). The predicted molar refractivity (Wildman–Crippen MR) is 81.4 cm³/mol. The third-order valence-electron chi connectivity index (χ3n) is 4.29. The second-order valence-electron chi connectivity index (χ2n) is 5.59. The number of nitrogens with one attached hydrogen (secondary N) is 1. The van der Waals surface area contributed by atoms with Crippen molar-refractivity contribution in [1.82, 2.24) is 10.2 Å². The van der Waals surface area contributed by atoms with Gasteiger partial charge < -0.3 is 10.2 Å². The van der Waals surface area contributed by atoms with Gasteiger partial charge in [-0.1, -0.05) is 12.8 Å². The normalized spacial score (nSPS) is 25.3. The van der Waals surface area contributed by atoms with Crippen LogP contribution in [0, 0.1) is 0 Å². The van der Waals surface area contributed by atoms with Crippen LogP contribution < -0.4 is 5.32 Å². The molecule has 2 amide bonds. The molecule has 1 aliphatic heterocycles. The lowest BCUT2D eigenvalue weighted by atomic mass is 9.91. The fourth-order valence-corrected chi connectivity index (χ4v) is 4.60. The summed E-state index contributed by atoms with van der Waals surface area (Å²) in [5.41, 5.74) is -0.627. The van der Waals surface area contributed by atoms with E-state index < -0.39 is 11.6 Å². The third-order valence-corrected chi connectivity index (χ3v) is 5.90. The Morgan fingerprint density at radius 1 is 1.40 bits per heavy atom. The lowest BCUT2D eigenvalue weighted by Gasteiger charge is -2.43. The van der Waals surface area contributed by atoms with Crippen LogP contribution in [0.15, 0.2) is 15.9 Å². The Kier molecular flexibility index (Phi) is 3.62. The first kappa shape index (κ1) is 14.1. The Labute approximate surface area is 130 Å². The molecule has 1 aliphatic carbocycles. The number of amides is 2. The van der Waals surface area contributed by atoms with E-state index in [-0.39, 0.29) is 11.8 Å². The molecule has 1 saturated carbocycles. The van der Waals surface area contributed by atoms with Crippen molar-refractivity contribution in [3.63, 3.8) is 0 Å². The number of carbonyl (C=O) groups is 2. The summed E-state index contributed by atoms with van der Waals surface area (Å²) >= 11 is 5.04. The highest BCUT2D eigenvalue weighted by molar-refractivity contribution is 9.11. The summed E-state index contributed by atoms with van der Waals surface area (Å²) < 4.78 is 1.05. The molecule has 2 fully saturated rings. The van der Waals surface area contributed by atoms with Crippen LogP contribution >= 0.6 is 27.3 Å². The molecule has 3 rings (SSSR count). The van der Waals surface area contributed by atoms with Gasteiger partial charge in [0.15, 0.2) is 0 Å². The van der Waals surface area contributed by atoms with Crippen molar-refractivity contribution < 1.29 is 9.59 Å². The summed E-state index contributed by atoms with van der Waals surface area (Å²) in [6.45, 7) is 2.32. The second kappa shape index (κ2) is 5.15. The molecule has 1 N–H and O–H groups in total. The van der Waals surface area contributed by atoms with Crippen LogP contribution in [0.5, 0.6) is 0 Å². The van der Waals surface area contributed by atoms with E-state index in [1.54, 1.807) is 23.2 Å². The summed E-state index contributed by atoms with van der Waals surface area (Å²) in [6, 6.07) is 3.59. The molecule has 20 heavy (non-hydrogen) atoms. The fraction of sp³-hybridized carbons (Fsp3) is 0.571. The number of halogens is 1. The van der Waals surface area contributed by atoms with Gasteiger partial charge in [0, 0.05) is 4.88 Å². The van der Waals surface area contributed by atoms with Gasteiger partial charge in [-0.25, -0.2) is 0 Å². The zero-order valence-electron chi connectivity index (χ0n) is 11.3. The summed E-state index contributed by atoms with van der Waals surface area (Å²) in [6.07, 6.45) is 3.57. The molecule has 1 aromatic heterocycles. The molecular formula is C14H17BrN2O2S. The molecular weight excluding hydrogens is 340 g/mol. The Morgan fingerprint density at radius 2 is 2.10 bits per heavy atom. The first-order valence-electron chi connectivity index (χ1n) is 6.89. The van der Waals surface area contributed by atoms with Gasteiger partial charge in [0.05, 0.1) is 10.3 Å². The Hall–Kier alpha value is -0.880. The Bertz CT molecular complexity index is 551. The van der Waals surface area contributed by atoms with Gasteiger partial charge in [0.25, 0.3) is 0 Å². The highest BCUT2D eigenvalue weighted by Crippen LogP contribution is 2.35. The van der Waals surface area contributed by atoms with E-state index in [4.69, 9.17) is 0 Å². The third kappa shape index (κ3) is 2.29. The van der Waals surface area contributed by atoms with Gasteiger partial charge in [-0.15, -0.1) is 11.3 Å². The van der Waals surface area contributed by atoms with Crippen LogP contribution in [0.4, 0.5) is 0 Å². The lowest BCUT2D eigenvalue weighted by Crippen LogP contribution is -2.68. The molecule has 0 aromatic carbocycles. The van der Waals surface area contributed by atoms with Gasteiger partial charge in [-0.3, -0.25) is 9.59 Å². The van der Waals surface area contributed by atoms with Gasteiger partial charge in [0.2, 0.25) is 11.8 Å². The number of hydrogen-bond acceptors (Lipinski definition) is 3. The molecule has 1 atom stereocenters. The van der Waals surface area contributed by atoms with Crippen molar-refractivity contribution in [2.45, 2.75) is 50.7 Å². The van der Waals surface area contributed by atoms with Gasteiger partial charge in [-0.05, 0) is 47.8 Å². The van der Waals surface area contributed by atoms with Crippen molar-refractivity contribution in [1.29, 1.82) is 0 Å². The number of hydrogen-bond donors (Lipinski definition) is 1. The molecule has 0 radical (unpaired) electrons. The van der Waals surface area contributed by atoms with Crippen LogP contribution in [0.2, 0.25) is 0 Å². The van der Waals surface area contributed by atoms with Crippen molar-refractivity contribution in [3.8, 4) is 0 Å². The Morgan fingerprint density at radius 3 is 2.70 bits per heavy atom. The van der Waals surface area contributed by atoms with E-state index in [1.807, 2.05) is 12.1 Å². The second-order valence-corrected chi connectivity index (χ2v) is 8.14. The topological polar surface area (TPSA) is 49.4 Å². The highest BCUT2D eigenvalue weighted by Gasteiger charge is 2.50. The molecule has 2 aliphatic rings. The maximum absolute atomic E-state index is 12.8. The van der Waals surface area contributed by atoms with Crippen molar-refractivity contribution in [3.05, 3.63) is 20.8 Å². The van der Waals surface area contributed by atoms with E-state index in [0.717, 1.165) is 34.3 Å². The fourth-order valence-electron chi connectivity index (χ4n) is 3.12. The maximum atomic E-state index is 12.8. The average Bonchev–Trinajstić information content (AvgIpc) is 3.03. The summed E-state index contributed by atoms with van der Waals surface area (Å²) in [5, 5.41) is 2.98. The van der Waals surface area contributed by atoms with Crippen molar-refractivity contribution in [2.75, 3.05) is 0 Å². The average molecular weight is 357 g/mol. The number of rotatable bonds is 2. The maximum Gasteiger partial charge on any atom is 0.249 e. The van der Waals surface area contributed by atoms with E-state index >= 15 is 0 Å². The number of carbonyl (C=O) groups excluding carboxylic acids is 2. The first-order chi connectivity index (χ1) is 9.52. The quantitative estimate of drug-likeness (QED) is 0.885. The minimum atomic E-state index is -0.627. The zero-order chi connectivity index (χ0) is 14.3. The van der Waals surface area contributed by atoms with Crippen molar-refractivity contribution in [2.24, 2.45) is 0 Å². The summed E-state index contributed by atoms with van der Waals surface area (Å²) in [5.74, 6) is 0.0637. The molecule has 6 heteroatoms. The minimum Gasteiger partial charge on any atom is -0.340 e. The van der Waals surface area contributed by atoms with Crippen LogP contribution in [0.1, 0.15) is 37.5 Å². The van der Waals surface area contributed by atoms with E-state index in [9.17, 15) is 9.59 Å². The van der Waals surface area contributed by atoms with Crippen LogP contribution in [0.3, 0.4) is 0 Å². The van der Waals surface area contributed by atoms with E-state index in [2.05, 4.69) is 21.2 Å². The summed E-state index contributed by atoms with van der Waals surface area (Å²) in [7, 11) is 0. The van der Waals surface area contributed by atoms with Gasteiger partial charge in [-0.2, -0.15) is 0 Å². The SMILES string of the molecule is CC1C(=O)NC2(CCCC2)C(=O)N1Cc1ccc(Br)s1. The molecule has 1 saturated heterocycles. The monoisotopic (exact) mass is 356 g/mol. The molecule has 108 valence electrons. The first-order valence-corrected chi connectivity index (χ1v) is 8.50. The smallest absolute Gasteiger partial charge is 0.249 e. The predicted octanol–water partition coefficient (Wildman–Crippen LogP) is 2.67. The molecule has 4 nitrogen and oxygen atoms in total. The molecule has 0 bridgehead atoms. The Balaban J connectivity index is 1.86. The van der Waals surface area contributed by atoms with Crippen LogP contribution in [-0.4, -0.2) is 28.3 Å². The van der Waals surface area contributed by atoms with E-state index in [1.165, 1.54) is 0 Å². The highest BCUT2D eigenvalue weighted by atomic mass is 79.9. The number of nitrogens with zero attached hydrogens (tertiary/aromatic N) is 1. The minimum absolute atomic E-state index is 0.0258. The van der Waals surface area contributed by atoms with Crippen LogP contribution in [0.25, 0.3) is 0 Å². The van der Waals surface area contributed by atoms with Crippen molar-refractivity contribution >= 4 is 39.1 Å². The van der Waals surface area contributed by atoms with Gasteiger partial charge >= 0.3 is 0 Å². The molecule has 1 unspecified atom stereocenters. The molecule has 1 spiro atoms. The number of thiophene rings is 1. The lowest BCUT2D eigenvalue weighted by molar-refractivity contribution is -0.154. The van der Waals surface area contributed by atoms with Crippen LogP contribution in [-0.2, 0) is 16.1 Å². The van der Waals surface area contributed by atoms with E-state index in [0.29, 0.717) is 6.54 Å². The molecule has 1 aromatic rings. The van der Waals surface area contributed by atoms with Gasteiger partial charge in [0.1, 0.15) is 11.6 Å². The molecule has 2 heterocycles. The summed E-state index contributed by atoms with van der Waals surface area (Å²) in [4.78, 5) is 27.9.